The minimum atomic E-state index is -4.66. The Labute approximate surface area is 113 Å². The van der Waals surface area contributed by atoms with Crippen LogP contribution in [0.5, 0.6) is 0 Å². The topological polar surface area (TPSA) is 81.2 Å². The molecule has 5 nitrogen and oxygen atoms in total. The number of nitrogens with two attached hydrogens (primary N) is 1. The molecule has 1 aromatic rings. The molecule has 0 bridgehead atoms. The number of benzene rings is 1. The summed E-state index contributed by atoms with van der Waals surface area (Å²) in [6, 6.07) is 2.25. The molecule has 1 aliphatic carbocycles. The number of nitrogens with zero attached hydrogens (tertiary/aromatic N) is 1. The Morgan fingerprint density at radius 1 is 1.35 bits per heavy atom. The number of nitro benzene ring substituents is 1. The maximum atomic E-state index is 13.0. The van der Waals surface area contributed by atoms with E-state index in [4.69, 9.17) is 5.73 Å². The van der Waals surface area contributed by atoms with Crippen LogP contribution in [0, 0.1) is 10.1 Å². The van der Waals surface area contributed by atoms with E-state index in [0.29, 0.717) is 12.5 Å². The Kier molecular flexibility index (Phi) is 3.85. The molecular formula is C12H14F3N3O2. The molecule has 1 saturated carbocycles. The zero-order valence-electron chi connectivity index (χ0n) is 10.5. The quantitative estimate of drug-likeness (QED) is 0.662. The molecule has 1 fully saturated rings. The first-order chi connectivity index (χ1) is 9.29. The third-order valence-electron chi connectivity index (χ3n) is 3.43. The lowest BCUT2D eigenvalue weighted by Gasteiger charge is -2.21. The third kappa shape index (κ3) is 3.01. The van der Waals surface area contributed by atoms with Gasteiger partial charge >= 0.3 is 6.18 Å². The Hall–Kier alpha value is -1.83. The van der Waals surface area contributed by atoms with Crippen LogP contribution in [-0.4, -0.2) is 17.0 Å². The van der Waals surface area contributed by atoms with Crippen molar-refractivity contribution in [3.8, 4) is 0 Å². The van der Waals surface area contributed by atoms with Crippen molar-refractivity contribution in [3.05, 3.63) is 33.9 Å². The second kappa shape index (κ2) is 5.28. The van der Waals surface area contributed by atoms with Gasteiger partial charge in [0.15, 0.2) is 0 Å². The van der Waals surface area contributed by atoms with E-state index in [1.165, 1.54) is 0 Å². The number of alkyl halides is 3. The monoisotopic (exact) mass is 289 g/mol. The molecule has 0 radical (unpaired) electrons. The van der Waals surface area contributed by atoms with Gasteiger partial charge in [0.2, 0.25) is 0 Å². The van der Waals surface area contributed by atoms with Crippen molar-refractivity contribution < 1.29 is 18.1 Å². The predicted molar refractivity (Wildman–Crippen MR) is 67.3 cm³/mol. The smallest absolute Gasteiger partial charge is 0.380 e. The van der Waals surface area contributed by atoms with Gasteiger partial charge < -0.3 is 11.1 Å². The SMILES string of the molecule is NC1CCCC1Nc1ccc([N+](=O)[O-])cc1C(F)(F)F. The summed E-state index contributed by atoms with van der Waals surface area (Å²) < 4.78 is 38.9. The lowest BCUT2D eigenvalue weighted by molar-refractivity contribution is -0.385. The van der Waals surface area contributed by atoms with Gasteiger partial charge in [-0.1, -0.05) is 0 Å². The van der Waals surface area contributed by atoms with Gasteiger partial charge in [-0.2, -0.15) is 13.2 Å². The lowest BCUT2D eigenvalue weighted by Crippen LogP contribution is -2.35. The molecule has 1 aromatic carbocycles. The molecule has 1 aliphatic rings. The van der Waals surface area contributed by atoms with Crippen molar-refractivity contribution >= 4 is 11.4 Å². The molecule has 2 rings (SSSR count). The van der Waals surface area contributed by atoms with Crippen LogP contribution in [0.15, 0.2) is 18.2 Å². The molecule has 0 spiro atoms. The standard InChI is InChI=1S/C12H14F3N3O2/c13-12(14,15)8-6-7(18(19)20)4-5-10(8)17-11-3-1-2-9(11)16/h4-6,9,11,17H,1-3,16H2. The highest BCUT2D eigenvalue weighted by Gasteiger charge is 2.36. The average molecular weight is 289 g/mol. The van der Waals surface area contributed by atoms with E-state index < -0.39 is 22.4 Å². The lowest BCUT2D eigenvalue weighted by atomic mass is 10.1. The van der Waals surface area contributed by atoms with Gasteiger partial charge in [0.25, 0.3) is 5.69 Å². The minimum Gasteiger partial charge on any atom is -0.380 e. The number of nitrogens with one attached hydrogen (secondary N) is 1. The van der Waals surface area contributed by atoms with Gasteiger partial charge in [-0.25, -0.2) is 0 Å². The van der Waals surface area contributed by atoms with E-state index in [9.17, 15) is 23.3 Å². The zero-order chi connectivity index (χ0) is 14.9. The van der Waals surface area contributed by atoms with Crippen molar-refractivity contribution in [1.82, 2.24) is 0 Å². The Bertz CT molecular complexity index is 519. The minimum absolute atomic E-state index is 0.162. The first kappa shape index (κ1) is 14.6. The number of non-ortho nitro benzene ring substituents is 1. The number of anilines is 1. The highest BCUT2D eigenvalue weighted by molar-refractivity contribution is 5.58. The Morgan fingerprint density at radius 3 is 2.55 bits per heavy atom. The van der Waals surface area contributed by atoms with Gasteiger partial charge in [-0.15, -0.1) is 0 Å². The summed E-state index contributed by atoms with van der Waals surface area (Å²) in [5.41, 5.74) is 4.03. The summed E-state index contributed by atoms with van der Waals surface area (Å²) in [7, 11) is 0. The molecule has 0 aromatic heterocycles. The summed E-state index contributed by atoms with van der Waals surface area (Å²) in [5.74, 6) is 0. The molecule has 8 heteroatoms. The zero-order valence-corrected chi connectivity index (χ0v) is 10.5. The average Bonchev–Trinajstić information content (AvgIpc) is 2.74. The first-order valence-electron chi connectivity index (χ1n) is 6.17. The predicted octanol–water partition coefficient (Wildman–Crippen LogP) is 2.91. The normalized spacial score (nSPS) is 22.8. The fourth-order valence-electron chi connectivity index (χ4n) is 2.37. The van der Waals surface area contributed by atoms with Crippen LogP contribution in [0.4, 0.5) is 24.5 Å². The van der Waals surface area contributed by atoms with E-state index in [1.54, 1.807) is 0 Å². The number of hydrogen-bond donors (Lipinski definition) is 2. The van der Waals surface area contributed by atoms with Crippen LogP contribution in [0.25, 0.3) is 0 Å². The summed E-state index contributed by atoms with van der Waals surface area (Å²) in [6.07, 6.45) is -2.36. The molecule has 0 amide bonds. The van der Waals surface area contributed by atoms with Gasteiger partial charge in [-0.05, 0) is 25.3 Å². The number of halogens is 3. The Balaban J connectivity index is 2.34. The Morgan fingerprint density at radius 2 is 2.05 bits per heavy atom. The van der Waals surface area contributed by atoms with E-state index in [0.717, 1.165) is 25.0 Å². The first-order valence-corrected chi connectivity index (χ1v) is 6.17. The van der Waals surface area contributed by atoms with Crippen LogP contribution < -0.4 is 11.1 Å². The van der Waals surface area contributed by atoms with Crippen LogP contribution in [0.1, 0.15) is 24.8 Å². The molecular weight excluding hydrogens is 275 g/mol. The number of nitro groups is 1. The number of hydrogen-bond acceptors (Lipinski definition) is 4. The maximum Gasteiger partial charge on any atom is 0.418 e. The van der Waals surface area contributed by atoms with Crippen LogP contribution in [0.2, 0.25) is 0 Å². The molecule has 2 unspecified atom stereocenters. The second-order valence-corrected chi connectivity index (χ2v) is 4.83. The maximum absolute atomic E-state index is 13.0. The van der Waals surface area contributed by atoms with Crippen LogP contribution in [-0.2, 0) is 6.18 Å². The molecule has 2 atom stereocenters. The molecule has 110 valence electrons. The van der Waals surface area contributed by atoms with Gasteiger partial charge in [0.05, 0.1) is 10.5 Å². The van der Waals surface area contributed by atoms with E-state index >= 15 is 0 Å². The van der Waals surface area contributed by atoms with Crippen LogP contribution in [0.3, 0.4) is 0 Å². The highest BCUT2D eigenvalue weighted by Crippen LogP contribution is 2.38. The summed E-state index contributed by atoms with van der Waals surface area (Å²) in [6.45, 7) is 0. The third-order valence-corrected chi connectivity index (χ3v) is 3.43. The van der Waals surface area contributed by atoms with Crippen molar-refractivity contribution in [2.75, 3.05) is 5.32 Å². The van der Waals surface area contributed by atoms with Crippen molar-refractivity contribution in [2.24, 2.45) is 5.73 Å². The van der Waals surface area contributed by atoms with Crippen molar-refractivity contribution in [3.63, 3.8) is 0 Å². The fourth-order valence-corrected chi connectivity index (χ4v) is 2.37. The fraction of sp³-hybridized carbons (Fsp3) is 0.500. The van der Waals surface area contributed by atoms with Gasteiger partial charge in [-0.3, -0.25) is 10.1 Å². The van der Waals surface area contributed by atoms with Crippen molar-refractivity contribution in [2.45, 2.75) is 37.5 Å². The van der Waals surface area contributed by atoms with Crippen molar-refractivity contribution in [1.29, 1.82) is 0 Å². The van der Waals surface area contributed by atoms with E-state index in [-0.39, 0.29) is 17.8 Å². The number of rotatable bonds is 3. The molecule has 0 aliphatic heterocycles. The molecule has 20 heavy (non-hydrogen) atoms. The summed E-state index contributed by atoms with van der Waals surface area (Å²) >= 11 is 0. The van der Waals surface area contributed by atoms with E-state index in [2.05, 4.69) is 5.32 Å². The van der Waals surface area contributed by atoms with Crippen LogP contribution >= 0.6 is 0 Å². The summed E-state index contributed by atoms with van der Waals surface area (Å²) in [4.78, 5) is 9.74. The highest BCUT2D eigenvalue weighted by atomic mass is 19.4. The van der Waals surface area contributed by atoms with E-state index in [1.807, 2.05) is 0 Å². The summed E-state index contributed by atoms with van der Waals surface area (Å²) in [5, 5.41) is 13.4. The largest absolute Gasteiger partial charge is 0.418 e. The second-order valence-electron chi connectivity index (χ2n) is 4.83. The molecule has 3 N–H and O–H groups in total. The molecule has 0 saturated heterocycles. The van der Waals surface area contributed by atoms with Gasteiger partial charge in [0.1, 0.15) is 0 Å². The molecule has 0 heterocycles. The van der Waals surface area contributed by atoms with Gasteiger partial charge in [0, 0.05) is 29.9 Å².